The minimum Gasteiger partial charge on any atom is -0.378 e. The Morgan fingerprint density at radius 3 is 2.84 bits per heavy atom. The first-order valence-corrected chi connectivity index (χ1v) is 9.11. The molecule has 2 aliphatic rings. The van der Waals surface area contributed by atoms with Gasteiger partial charge in [-0.15, -0.1) is 0 Å². The van der Waals surface area contributed by atoms with Crippen molar-refractivity contribution in [1.82, 2.24) is 15.0 Å². The zero-order valence-electron chi connectivity index (χ0n) is 14.3. The lowest BCUT2D eigenvalue weighted by Crippen LogP contribution is -2.40. The van der Waals surface area contributed by atoms with Gasteiger partial charge in [0, 0.05) is 18.7 Å². The van der Waals surface area contributed by atoms with Gasteiger partial charge in [-0.25, -0.2) is 0 Å². The Labute approximate surface area is 147 Å². The molecule has 2 saturated heterocycles. The summed E-state index contributed by atoms with van der Waals surface area (Å²) in [6.45, 7) is 1.52. The van der Waals surface area contributed by atoms with Gasteiger partial charge in [-0.2, -0.15) is 4.98 Å². The predicted molar refractivity (Wildman–Crippen MR) is 91.6 cm³/mol. The summed E-state index contributed by atoms with van der Waals surface area (Å²) in [6.07, 6.45) is 5.50. The van der Waals surface area contributed by atoms with Gasteiger partial charge in [0.05, 0.1) is 12.5 Å². The third-order valence-electron chi connectivity index (χ3n) is 5.01. The van der Waals surface area contributed by atoms with Crippen molar-refractivity contribution in [1.29, 1.82) is 0 Å². The van der Waals surface area contributed by atoms with Crippen molar-refractivity contribution in [2.45, 2.75) is 50.7 Å². The molecule has 0 radical (unpaired) electrons. The summed E-state index contributed by atoms with van der Waals surface area (Å²) < 4.78 is 11.1. The predicted octanol–water partition coefficient (Wildman–Crippen LogP) is 3.36. The van der Waals surface area contributed by atoms with E-state index in [-0.39, 0.29) is 18.1 Å². The van der Waals surface area contributed by atoms with Gasteiger partial charge in [-0.1, -0.05) is 35.5 Å². The molecule has 2 atom stereocenters. The van der Waals surface area contributed by atoms with E-state index in [1.807, 2.05) is 35.2 Å². The zero-order chi connectivity index (χ0) is 17.1. The molecule has 6 nitrogen and oxygen atoms in total. The van der Waals surface area contributed by atoms with E-state index in [1.54, 1.807) is 0 Å². The van der Waals surface area contributed by atoms with E-state index in [9.17, 15) is 4.79 Å². The summed E-state index contributed by atoms with van der Waals surface area (Å²) in [5.41, 5.74) is 0.922. The van der Waals surface area contributed by atoms with E-state index < -0.39 is 0 Å². The van der Waals surface area contributed by atoms with Gasteiger partial charge in [0.1, 0.15) is 6.04 Å². The second-order valence-electron chi connectivity index (χ2n) is 6.76. The molecule has 132 valence electrons. The highest BCUT2D eigenvalue weighted by Crippen LogP contribution is 2.32. The van der Waals surface area contributed by atoms with Crippen molar-refractivity contribution in [3.63, 3.8) is 0 Å². The molecular formula is C19H23N3O3. The van der Waals surface area contributed by atoms with Gasteiger partial charge < -0.3 is 14.2 Å². The van der Waals surface area contributed by atoms with Gasteiger partial charge in [0.2, 0.25) is 17.6 Å². The van der Waals surface area contributed by atoms with Gasteiger partial charge in [-0.3, -0.25) is 4.79 Å². The average Bonchev–Trinajstić information content (AvgIpc) is 3.34. The van der Waals surface area contributed by atoms with Crippen LogP contribution in [-0.4, -0.2) is 40.2 Å². The van der Waals surface area contributed by atoms with Crippen molar-refractivity contribution in [3.8, 4) is 11.4 Å². The number of ether oxygens (including phenoxy) is 1. The molecule has 6 heteroatoms. The highest BCUT2D eigenvalue weighted by molar-refractivity contribution is 5.77. The SMILES string of the molecule is O=C(C[C@H]1CCCO1)N1CCCC[C@@H]1c1nc(-c2ccccc2)no1. The molecule has 0 unspecified atom stereocenters. The van der Waals surface area contributed by atoms with Crippen LogP contribution in [0, 0.1) is 0 Å². The molecule has 25 heavy (non-hydrogen) atoms. The minimum absolute atomic E-state index is 0.0673. The van der Waals surface area contributed by atoms with Crippen LogP contribution >= 0.6 is 0 Å². The quantitative estimate of drug-likeness (QED) is 0.853. The molecular weight excluding hydrogens is 318 g/mol. The summed E-state index contributed by atoms with van der Waals surface area (Å²) in [5.74, 6) is 1.25. The van der Waals surface area contributed by atoms with Crippen molar-refractivity contribution in [2.75, 3.05) is 13.2 Å². The first-order chi connectivity index (χ1) is 12.3. The van der Waals surface area contributed by atoms with Crippen molar-refractivity contribution in [2.24, 2.45) is 0 Å². The maximum absolute atomic E-state index is 12.8. The molecule has 0 bridgehead atoms. The van der Waals surface area contributed by atoms with E-state index in [4.69, 9.17) is 9.26 Å². The fraction of sp³-hybridized carbons (Fsp3) is 0.526. The lowest BCUT2D eigenvalue weighted by Gasteiger charge is -2.34. The Bertz CT molecular complexity index is 710. The zero-order valence-corrected chi connectivity index (χ0v) is 14.3. The van der Waals surface area contributed by atoms with E-state index in [2.05, 4.69) is 10.1 Å². The van der Waals surface area contributed by atoms with Gasteiger partial charge >= 0.3 is 0 Å². The maximum atomic E-state index is 12.8. The van der Waals surface area contributed by atoms with Gasteiger partial charge in [-0.05, 0) is 32.1 Å². The van der Waals surface area contributed by atoms with Crippen LogP contribution < -0.4 is 0 Å². The smallest absolute Gasteiger partial charge is 0.249 e. The van der Waals surface area contributed by atoms with Crippen LogP contribution in [0.15, 0.2) is 34.9 Å². The maximum Gasteiger partial charge on any atom is 0.249 e. The lowest BCUT2D eigenvalue weighted by atomic mass is 10.0. The molecule has 1 aromatic heterocycles. The normalized spacial score (nSPS) is 23.8. The lowest BCUT2D eigenvalue weighted by molar-refractivity contribution is -0.138. The molecule has 0 saturated carbocycles. The average molecular weight is 341 g/mol. The monoisotopic (exact) mass is 341 g/mol. The number of nitrogens with zero attached hydrogens (tertiary/aromatic N) is 3. The molecule has 2 fully saturated rings. The topological polar surface area (TPSA) is 68.5 Å². The van der Waals surface area contributed by atoms with Crippen LogP contribution in [0.5, 0.6) is 0 Å². The summed E-state index contributed by atoms with van der Waals surface area (Å²) in [4.78, 5) is 19.2. The van der Waals surface area contributed by atoms with Crippen LogP contribution in [0.3, 0.4) is 0 Å². The van der Waals surface area contributed by atoms with E-state index in [0.717, 1.165) is 50.8 Å². The number of hydrogen-bond donors (Lipinski definition) is 0. The Morgan fingerprint density at radius 2 is 2.04 bits per heavy atom. The van der Waals surface area contributed by atoms with Crippen molar-refractivity contribution >= 4 is 5.91 Å². The summed E-state index contributed by atoms with van der Waals surface area (Å²) in [6, 6.07) is 9.64. The minimum atomic E-state index is -0.118. The number of benzene rings is 1. The first-order valence-electron chi connectivity index (χ1n) is 9.11. The second kappa shape index (κ2) is 7.35. The molecule has 2 aliphatic heterocycles. The highest BCUT2D eigenvalue weighted by Gasteiger charge is 2.33. The number of aromatic nitrogens is 2. The Kier molecular flexibility index (Phi) is 4.78. The van der Waals surface area contributed by atoms with E-state index in [0.29, 0.717) is 18.1 Å². The molecule has 0 N–H and O–H groups in total. The van der Waals surface area contributed by atoms with Gasteiger partial charge in [0.25, 0.3) is 0 Å². The summed E-state index contributed by atoms with van der Waals surface area (Å²) >= 11 is 0. The molecule has 1 amide bonds. The second-order valence-corrected chi connectivity index (χ2v) is 6.76. The number of carbonyl (C=O) groups excluding carboxylic acids is 1. The summed E-state index contributed by atoms with van der Waals surface area (Å²) in [5, 5.41) is 4.11. The van der Waals surface area contributed by atoms with Crippen LogP contribution in [0.25, 0.3) is 11.4 Å². The van der Waals surface area contributed by atoms with Crippen LogP contribution in [0.4, 0.5) is 0 Å². The molecule has 0 spiro atoms. The number of carbonyl (C=O) groups is 1. The third-order valence-corrected chi connectivity index (χ3v) is 5.01. The molecule has 3 heterocycles. The van der Waals surface area contributed by atoms with Crippen LogP contribution in [-0.2, 0) is 9.53 Å². The fourth-order valence-corrected chi connectivity index (χ4v) is 3.68. The largest absolute Gasteiger partial charge is 0.378 e. The van der Waals surface area contributed by atoms with Crippen molar-refractivity contribution < 1.29 is 14.1 Å². The number of rotatable bonds is 4. The molecule has 2 aromatic rings. The standard InChI is InChI=1S/C19H23N3O3/c23-17(13-15-9-6-12-24-15)22-11-5-4-10-16(22)19-20-18(21-25-19)14-7-2-1-3-8-14/h1-3,7-8,15-16H,4-6,9-13H2/t15-,16-/m1/s1. The third kappa shape index (κ3) is 3.58. The van der Waals surface area contributed by atoms with Crippen molar-refractivity contribution in [3.05, 3.63) is 36.2 Å². The highest BCUT2D eigenvalue weighted by atomic mass is 16.5. The molecule has 4 rings (SSSR count). The van der Waals surface area contributed by atoms with E-state index >= 15 is 0 Å². The molecule has 0 aliphatic carbocycles. The fourth-order valence-electron chi connectivity index (χ4n) is 3.68. The first kappa shape index (κ1) is 16.3. The van der Waals surface area contributed by atoms with Crippen LogP contribution in [0.1, 0.15) is 50.5 Å². The Balaban J connectivity index is 1.51. The van der Waals surface area contributed by atoms with Crippen LogP contribution in [0.2, 0.25) is 0 Å². The Morgan fingerprint density at radius 1 is 1.16 bits per heavy atom. The summed E-state index contributed by atoms with van der Waals surface area (Å²) in [7, 11) is 0. The van der Waals surface area contributed by atoms with E-state index in [1.165, 1.54) is 0 Å². The number of piperidine rings is 1. The number of likely N-dealkylation sites (tertiary alicyclic amines) is 1. The number of hydrogen-bond acceptors (Lipinski definition) is 5. The number of amides is 1. The molecule has 1 aromatic carbocycles. The van der Waals surface area contributed by atoms with Gasteiger partial charge in [0.15, 0.2) is 0 Å². The Hall–Kier alpha value is -2.21.